The Morgan fingerprint density at radius 1 is 1.38 bits per heavy atom. The van der Waals surface area contributed by atoms with Gasteiger partial charge in [0.05, 0.1) is 0 Å². The quantitative estimate of drug-likeness (QED) is 0.721. The summed E-state index contributed by atoms with van der Waals surface area (Å²) < 4.78 is 36.8. The standard InChI is InChI=1S/C10H13BF3N2/c1-9(11(12,13)14)7-16(2)8-10-3-5-15-6-4-10/h3-6H,1,7-8H2,2H3/q-1. The van der Waals surface area contributed by atoms with Gasteiger partial charge in [0, 0.05) is 18.9 Å². The average Bonchev–Trinajstić information content (AvgIpc) is 2.17. The number of hydrogen-bond acceptors (Lipinski definition) is 2. The summed E-state index contributed by atoms with van der Waals surface area (Å²) in [6.07, 6.45) is 3.23. The van der Waals surface area contributed by atoms with E-state index in [0.717, 1.165) is 5.56 Å². The minimum Gasteiger partial charge on any atom is -0.445 e. The summed E-state index contributed by atoms with van der Waals surface area (Å²) in [6, 6.07) is 3.55. The molecule has 0 amide bonds. The summed E-state index contributed by atoms with van der Waals surface area (Å²) in [7, 11) is 1.63. The number of aromatic nitrogens is 1. The van der Waals surface area contributed by atoms with Gasteiger partial charge in [0.25, 0.3) is 0 Å². The third kappa shape index (κ3) is 4.06. The van der Waals surface area contributed by atoms with Crippen LogP contribution >= 0.6 is 0 Å². The third-order valence-corrected chi connectivity index (χ3v) is 2.14. The van der Waals surface area contributed by atoms with Crippen LogP contribution in [-0.2, 0) is 6.54 Å². The maximum absolute atomic E-state index is 12.3. The van der Waals surface area contributed by atoms with Crippen LogP contribution in [0.2, 0.25) is 0 Å². The van der Waals surface area contributed by atoms with E-state index in [-0.39, 0.29) is 6.54 Å². The third-order valence-electron chi connectivity index (χ3n) is 2.14. The van der Waals surface area contributed by atoms with Crippen LogP contribution in [0.1, 0.15) is 5.56 Å². The van der Waals surface area contributed by atoms with Crippen molar-refractivity contribution in [2.75, 3.05) is 13.6 Å². The van der Waals surface area contributed by atoms with Crippen molar-refractivity contribution in [3.8, 4) is 0 Å². The Morgan fingerprint density at radius 2 is 1.94 bits per heavy atom. The number of rotatable bonds is 5. The molecule has 88 valence electrons. The molecule has 16 heavy (non-hydrogen) atoms. The molecule has 0 bridgehead atoms. The summed E-state index contributed by atoms with van der Waals surface area (Å²) >= 11 is 0. The molecular weight excluding hydrogens is 216 g/mol. The van der Waals surface area contributed by atoms with Crippen LogP contribution in [0.3, 0.4) is 0 Å². The van der Waals surface area contributed by atoms with Crippen molar-refractivity contribution in [2.24, 2.45) is 0 Å². The highest BCUT2D eigenvalue weighted by Gasteiger charge is 2.26. The van der Waals surface area contributed by atoms with Crippen molar-refractivity contribution in [1.29, 1.82) is 0 Å². The lowest BCUT2D eigenvalue weighted by Gasteiger charge is -2.24. The summed E-state index contributed by atoms with van der Waals surface area (Å²) in [5.41, 5.74) is 0.261. The highest BCUT2D eigenvalue weighted by atomic mass is 19.4. The van der Waals surface area contributed by atoms with Gasteiger partial charge in [-0.2, -0.15) is 0 Å². The van der Waals surface area contributed by atoms with Crippen LogP contribution in [0.25, 0.3) is 0 Å². The minimum absolute atomic E-state index is 0.161. The minimum atomic E-state index is -4.93. The Bertz CT molecular complexity index is 351. The smallest absolute Gasteiger partial charge is 0.445 e. The van der Waals surface area contributed by atoms with Crippen LogP contribution in [0, 0.1) is 0 Å². The molecule has 0 aromatic carbocycles. The van der Waals surface area contributed by atoms with Gasteiger partial charge in [-0.15, -0.1) is 12.1 Å². The van der Waals surface area contributed by atoms with E-state index in [1.807, 2.05) is 0 Å². The predicted octanol–water partition coefficient (Wildman–Crippen LogP) is 2.46. The second kappa shape index (κ2) is 5.16. The molecule has 1 aromatic heterocycles. The van der Waals surface area contributed by atoms with E-state index in [1.54, 1.807) is 36.5 Å². The van der Waals surface area contributed by atoms with Crippen molar-refractivity contribution in [2.45, 2.75) is 6.54 Å². The lowest BCUT2D eigenvalue weighted by Crippen LogP contribution is -2.29. The first-order valence-electron chi connectivity index (χ1n) is 4.84. The molecule has 1 aromatic rings. The van der Waals surface area contributed by atoms with Crippen LogP contribution < -0.4 is 0 Å². The van der Waals surface area contributed by atoms with E-state index < -0.39 is 12.4 Å². The monoisotopic (exact) mass is 229 g/mol. The van der Waals surface area contributed by atoms with Gasteiger partial charge in [-0.3, -0.25) is 4.98 Å². The van der Waals surface area contributed by atoms with E-state index in [0.29, 0.717) is 6.54 Å². The Labute approximate surface area is 92.8 Å². The first-order chi connectivity index (χ1) is 7.39. The van der Waals surface area contributed by atoms with Crippen LogP contribution in [0.5, 0.6) is 0 Å². The summed E-state index contributed by atoms with van der Waals surface area (Å²) in [6.45, 7) is -1.58. The Balaban J connectivity index is 2.49. The van der Waals surface area contributed by atoms with Gasteiger partial charge in [-0.05, 0) is 31.3 Å². The normalized spacial score (nSPS) is 11.8. The SMILES string of the molecule is C=C(CN(C)Cc1ccncc1)[B-](F)(F)F. The second-order valence-corrected chi connectivity index (χ2v) is 3.76. The van der Waals surface area contributed by atoms with Gasteiger partial charge in [0.1, 0.15) is 0 Å². The van der Waals surface area contributed by atoms with Crippen molar-refractivity contribution in [1.82, 2.24) is 9.88 Å². The first kappa shape index (κ1) is 12.8. The van der Waals surface area contributed by atoms with Crippen LogP contribution in [0.15, 0.2) is 36.6 Å². The highest BCUT2D eigenvalue weighted by Crippen LogP contribution is 2.19. The summed E-state index contributed by atoms with van der Waals surface area (Å²) in [5.74, 6) is 0. The maximum atomic E-state index is 12.3. The van der Waals surface area contributed by atoms with Gasteiger partial charge in [0.2, 0.25) is 0 Å². The van der Waals surface area contributed by atoms with E-state index in [4.69, 9.17) is 0 Å². The molecule has 0 atom stereocenters. The molecule has 0 saturated heterocycles. The molecule has 0 spiro atoms. The molecule has 6 heteroatoms. The second-order valence-electron chi connectivity index (χ2n) is 3.76. The first-order valence-corrected chi connectivity index (χ1v) is 4.84. The van der Waals surface area contributed by atoms with Gasteiger partial charge >= 0.3 is 6.98 Å². The van der Waals surface area contributed by atoms with Gasteiger partial charge in [-0.1, -0.05) is 0 Å². The van der Waals surface area contributed by atoms with Crippen molar-refractivity contribution in [3.05, 3.63) is 42.1 Å². The Hall–Kier alpha value is -1.30. The van der Waals surface area contributed by atoms with Crippen molar-refractivity contribution < 1.29 is 12.9 Å². The Morgan fingerprint density at radius 3 is 2.44 bits per heavy atom. The topological polar surface area (TPSA) is 16.1 Å². The zero-order valence-corrected chi connectivity index (χ0v) is 9.04. The largest absolute Gasteiger partial charge is 0.506 e. The average molecular weight is 229 g/mol. The molecule has 0 N–H and O–H groups in total. The Kier molecular flexibility index (Phi) is 4.12. The fraction of sp³-hybridized carbons (Fsp3) is 0.300. The number of pyridine rings is 1. The molecule has 0 aliphatic carbocycles. The van der Waals surface area contributed by atoms with Gasteiger partial charge in [0.15, 0.2) is 0 Å². The van der Waals surface area contributed by atoms with Crippen LogP contribution in [0.4, 0.5) is 12.9 Å². The highest BCUT2D eigenvalue weighted by molar-refractivity contribution is 6.66. The molecule has 1 rings (SSSR count). The molecule has 0 aliphatic rings. The zero-order chi connectivity index (χ0) is 12.2. The zero-order valence-electron chi connectivity index (χ0n) is 9.04. The lowest BCUT2D eigenvalue weighted by molar-refractivity contribution is 0.350. The van der Waals surface area contributed by atoms with E-state index in [1.165, 1.54) is 0 Å². The molecule has 0 radical (unpaired) electrons. The van der Waals surface area contributed by atoms with E-state index in [9.17, 15) is 12.9 Å². The molecule has 0 fully saturated rings. The number of nitrogens with zero attached hydrogens (tertiary/aromatic N) is 2. The fourth-order valence-corrected chi connectivity index (χ4v) is 1.31. The predicted molar refractivity (Wildman–Crippen MR) is 58.8 cm³/mol. The number of halogens is 3. The summed E-state index contributed by atoms with van der Waals surface area (Å²) in [4.78, 5) is 5.42. The maximum Gasteiger partial charge on any atom is 0.506 e. The fourth-order valence-electron chi connectivity index (χ4n) is 1.31. The van der Waals surface area contributed by atoms with E-state index >= 15 is 0 Å². The van der Waals surface area contributed by atoms with Gasteiger partial charge < -0.3 is 17.8 Å². The summed E-state index contributed by atoms with van der Waals surface area (Å²) in [5, 5.41) is 0. The molecule has 2 nitrogen and oxygen atoms in total. The van der Waals surface area contributed by atoms with Crippen molar-refractivity contribution >= 4 is 6.98 Å². The van der Waals surface area contributed by atoms with Crippen LogP contribution in [-0.4, -0.2) is 30.5 Å². The van der Waals surface area contributed by atoms with Gasteiger partial charge in [-0.25, -0.2) is 0 Å². The number of likely N-dealkylation sites (N-methyl/N-ethyl adjacent to an activating group) is 1. The lowest BCUT2D eigenvalue weighted by atomic mass is 9.80. The van der Waals surface area contributed by atoms with E-state index in [2.05, 4.69) is 11.6 Å². The molecule has 0 aliphatic heterocycles. The molecule has 1 heterocycles. The molecule has 0 saturated carbocycles. The molecular formula is C10H13BF3N2-. The molecule has 0 unspecified atom stereocenters. The van der Waals surface area contributed by atoms with Crippen molar-refractivity contribution in [3.63, 3.8) is 0 Å². The number of hydrogen-bond donors (Lipinski definition) is 0.